The summed E-state index contributed by atoms with van der Waals surface area (Å²) < 4.78 is 5.79. The number of nitrogens with two attached hydrogens (primary N) is 1. The smallest absolute Gasteiger partial charge is 0.153 e. The molecule has 2 rings (SSSR count). The van der Waals surface area contributed by atoms with E-state index in [9.17, 15) is 0 Å². The van der Waals surface area contributed by atoms with Crippen molar-refractivity contribution in [3.63, 3.8) is 0 Å². The lowest BCUT2D eigenvalue weighted by atomic mass is 10.1. The van der Waals surface area contributed by atoms with Crippen LogP contribution in [0.3, 0.4) is 0 Å². The van der Waals surface area contributed by atoms with E-state index in [1.165, 1.54) is 0 Å². The summed E-state index contributed by atoms with van der Waals surface area (Å²) in [5.41, 5.74) is 8.62. The first kappa shape index (κ1) is 12.5. The fraction of sp³-hybridized carbons (Fsp3) is 0.200. The lowest BCUT2D eigenvalue weighted by molar-refractivity contribution is 0.299. The molecule has 94 valence electrons. The molecule has 2 aromatic carbocycles. The minimum absolute atomic E-state index is 0.158. The second-order valence-corrected chi connectivity index (χ2v) is 4.21. The Kier molecular flexibility index (Phi) is 3.85. The van der Waals surface area contributed by atoms with Gasteiger partial charge in [-0.2, -0.15) is 0 Å². The number of para-hydroxylation sites is 1. The highest BCUT2D eigenvalue weighted by Crippen LogP contribution is 2.30. The third kappa shape index (κ3) is 2.81. The molecule has 0 fully saturated rings. The molecular weight excluding hydrogens is 226 g/mol. The van der Waals surface area contributed by atoms with E-state index in [0.29, 0.717) is 17.9 Å². The summed E-state index contributed by atoms with van der Waals surface area (Å²) in [6, 6.07) is 13.4. The summed E-state index contributed by atoms with van der Waals surface area (Å²) in [6.07, 6.45) is 0.660. The van der Waals surface area contributed by atoms with Gasteiger partial charge >= 0.3 is 0 Å². The molecule has 3 nitrogen and oxygen atoms in total. The Morgan fingerprint density at radius 1 is 1.11 bits per heavy atom. The molecule has 18 heavy (non-hydrogen) atoms. The van der Waals surface area contributed by atoms with Gasteiger partial charge in [0, 0.05) is 6.61 Å². The molecule has 0 saturated heterocycles. The largest absolute Gasteiger partial charge is 0.455 e. The molecular formula is C15H17NO2. The molecule has 0 heterocycles. The molecule has 3 heteroatoms. The molecule has 0 amide bonds. The number of hydrogen-bond acceptors (Lipinski definition) is 3. The van der Waals surface area contributed by atoms with Crippen LogP contribution in [-0.4, -0.2) is 11.7 Å². The van der Waals surface area contributed by atoms with Crippen LogP contribution < -0.4 is 10.5 Å². The van der Waals surface area contributed by atoms with Crippen LogP contribution in [-0.2, 0) is 6.42 Å². The van der Waals surface area contributed by atoms with E-state index in [1.807, 2.05) is 49.4 Å². The van der Waals surface area contributed by atoms with Crippen molar-refractivity contribution in [2.45, 2.75) is 13.3 Å². The number of aliphatic hydroxyl groups excluding tert-OH is 1. The molecule has 0 aromatic heterocycles. The lowest BCUT2D eigenvalue weighted by Gasteiger charge is -2.11. The number of nitrogen functional groups attached to an aromatic ring is 1. The molecule has 0 saturated carbocycles. The SMILES string of the molecule is Cc1cccc(N)c1Oc1ccc(CCO)cc1. The number of aryl methyl sites for hydroxylation is 1. The van der Waals surface area contributed by atoms with Crippen LogP contribution in [0.5, 0.6) is 11.5 Å². The van der Waals surface area contributed by atoms with Gasteiger partial charge in [0.25, 0.3) is 0 Å². The fourth-order valence-electron chi connectivity index (χ4n) is 1.79. The number of ether oxygens (including phenoxy) is 1. The monoisotopic (exact) mass is 243 g/mol. The van der Waals surface area contributed by atoms with Crippen LogP contribution in [0.2, 0.25) is 0 Å². The van der Waals surface area contributed by atoms with Crippen molar-refractivity contribution in [2.24, 2.45) is 0 Å². The molecule has 0 aliphatic heterocycles. The normalized spacial score (nSPS) is 10.3. The lowest BCUT2D eigenvalue weighted by Crippen LogP contribution is -1.95. The predicted molar refractivity (Wildman–Crippen MR) is 72.9 cm³/mol. The maximum Gasteiger partial charge on any atom is 0.153 e. The third-order valence-electron chi connectivity index (χ3n) is 2.79. The minimum Gasteiger partial charge on any atom is -0.455 e. The number of aliphatic hydroxyl groups is 1. The van der Waals surface area contributed by atoms with Crippen molar-refractivity contribution in [2.75, 3.05) is 12.3 Å². The summed E-state index contributed by atoms with van der Waals surface area (Å²) in [5, 5.41) is 8.85. The summed E-state index contributed by atoms with van der Waals surface area (Å²) in [6.45, 7) is 2.12. The van der Waals surface area contributed by atoms with Crippen LogP contribution >= 0.6 is 0 Å². The molecule has 0 atom stereocenters. The van der Waals surface area contributed by atoms with E-state index in [4.69, 9.17) is 15.6 Å². The third-order valence-corrected chi connectivity index (χ3v) is 2.79. The van der Waals surface area contributed by atoms with E-state index >= 15 is 0 Å². The fourth-order valence-corrected chi connectivity index (χ4v) is 1.79. The van der Waals surface area contributed by atoms with Crippen molar-refractivity contribution in [3.8, 4) is 11.5 Å². The quantitative estimate of drug-likeness (QED) is 0.812. The van der Waals surface area contributed by atoms with Crippen molar-refractivity contribution in [1.82, 2.24) is 0 Å². The van der Waals surface area contributed by atoms with Gasteiger partial charge in [-0.3, -0.25) is 0 Å². The average molecular weight is 243 g/mol. The molecule has 2 aromatic rings. The van der Waals surface area contributed by atoms with E-state index < -0.39 is 0 Å². The Balaban J connectivity index is 2.18. The van der Waals surface area contributed by atoms with Crippen molar-refractivity contribution < 1.29 is 9.84 Å². The molecule has 3 N–H and O–H groups in total. The zero-order valence-corrected chi connectivity index (χ0v) is 10.4. The highest BCUT2D eigenvalue weighted by Gasteiger charge is 2.05. The van der Waals surface area contributed by atoms with Gasteiger partial charge in [-0.1, -0.05) is 24.3 Å². The highest BCUT2D eigenvalue weighted by atomic mass is 16.5. The molecule has 0 radical (unpaired) electrons. The molecule has 0 unspecified atom stereocenters. The Labute approximate surface area is 107 Å². The van der Waals surface area contributed by atoms with Crippen LogP contribution in [0.4, 0.5) is 5.69 Å². The standard InChI is InChI=1S/C15H17NO2/c1-11-3-2-4-14(16)15(11)18-13-7-5-12(6-8-13)9-10-17/h2-8,17H,9-10,16H2,1H3. The van der Waals surface area contributed by atoms with E-state index in [1.54, 1.807) is 0 Å². The summed E-state index contributed by atoms with van der Waals surface area (Å²) in [4.78, 5) is 0. The minimum atomic E-state index is 0.158. The maximum atomic E-state index is 8.85. The van der Waals surface area contributed by atoms with E-state index in [2.05, 4.69) is 0 Å². The van der Waals surface area contributed by atoms with Crippen molar-refractivity contribution in [1.29, 1.82) is 0 Å². The second-order valence-electron chi connectivity index (χ2n) is 4.21. The Morgan fingerprint density at radius 2 is 1.83 bits per heavy atom. The number of hydrogen-bond donors (Lipinski definition) is 2. The van der Waals surface area contributed by atoms with E-state index in [0.717, 1.165) is 16.9 Å². The predicted octanol–water partition coefficient (Wildman–Crippen LogP) is 2.90. The summed E-state index contributed by atoms with van der Waals surface area (Å²) in [5.74, 6) is 1.45. The van der Waals surface area contributed by atoms with E-state index in [-0.39, 0.29) is 6.61 Å². The first-order valence-corrected chi connectivity index (χ1v) is 5.93. The summed E-state index contributed by atoms with van der Waals surface area (Å²) >= 11 is 0. The zero-order chi connectivity index (χ0) is 13.0. The van der Waals surface area contributed by atoms with Crippen LogP contribution in [0, 0.1) is 6.92 Å². The molecule has 0 spiro atoms. The first-order valence-electron chi connectivity index (χ1n) is 5.93. The number of rotatable bonds is 4. The first-order chi connectivity index (χ1) is 8.70. The molecule has 0 aliphatic carbocycles. The number of anilines is 1. The van der Waals surface area contributed by atoms with Gasteiger partial charge in [-0.15, -0.1) is 0 Å². The topological polar surface area (TPSA) is 55.5 Å². The zero-order valence-electron chi connectivity index (χ0n) is 10.4. The van der Waals surface area contributed by atoms with Gasteiger partial charge in [0.15, 0.2) is 5.75 Å². The van der Waals surface area contributed by atoms with Crippen molar-refractivity contribution in [3.05, 3.63) is 53.6 Å². The molecule has 0 bridgehead atoms. The Hall–Kier alpha value is -2.00. The number of benzene rings is 2. The Morgan fingerprint density at radius 3 is 2.44 bits per heavy atom. The van der Waals surface area contributed by atoms with Gasteiger partial charge in [-0.25, -0.2) is 0 Å². The highest BCUT2D eigenvalue weighted by molar-refractivity contribution is 5.57. The molecule has 0 aliphatic rings. The maximum absolute atomic E-state index is 8.85. The van der Waals surface area contributed by atoms with Gasteiger partial charge in [0.2, 0.25) is 0 Å². The summed E-state index contributed by atoms with van der Waals surface area (Å²) in [7, 11) is 0. The van der Waals surface area contributed by atoms with Gasteiger partial charge in [0.05, 0.1) is 5.69 Å². The van der Waals surface area contributed by atoms with Crippen molar-refractivity contribution >= 4 is 5.69 Å². The van der Waals surface area contributed by atoms with Crippen LogP contribution in [0.25, 0.3) is 0 Å². The van der Waals surface area contributed by atoms with Gasteiger partial charge in [-0.05, 0) is 42.7 Å². The Bertz CT molecular complexity index is 500. The average Bonchev–Trinajstić information content (AvgIpc) is 2.36. The van der Waals surface area contributed by atoms with Crippen LogP contribution in [0.15, 0.2) is 42.5 Å². The second kappa shape index (κ2) is 5.56. The van der Waals surface area contributed by atoms with Gasteiger partial charge < -0.3 is 15.6 Å². The van der Waals surface area contributed by atoms with Gasteiger partial charge in [0.1, 0.15) is 5.75 Å². The van der Waals surface area contributed by atoms with Crippen LogP contribution in [0.1, 0.15) is 11.1 Å².